The number of nitro groups is 1. The molecular weight excluding hydrogens is 278 g/mol. The summed E-state index contributed by atoms with van der Waals surface area (Å²) in [7, 11) is 0. The molecular formula is C13H7N3O5. The van der Waals surface area contributed by atoms with E-state index in [1.165, 1.54) is 24.3 Å². The van der Waals surface area contributed by atoms with Gasteiger partial charge in [-0.1, -0.05) is 0 Å². The number of carbonyl (C=O) groups is 1. The summed E-state index contributed by atoms with van der Waals surface area (Å²) >= 11 is 0. The van der Waals surface area contributed by atoms with Crippen molar-refractivity contribution in [2.75, 3.05) is 0 Å². The average molecular weight is 285 g/mol. The summed E-state index contributed by atoms with van der Waals surface area (Å²) in [5.41, 5.74) is -0.280. The van der Waals surface area contributed by atoms with Crippen LogP contribution in [0.3, 0.4) is 0 Å². The van der Waals surface area contributed by atoms with E-state index < -0.39 is 10.9 Å². The highest BCUT2D eigenvalue weighted by atomic mass is 16.6. The van der Waals surface area contributed by atoms with E-state index >= 15 is 0 Å². The fourth-order valence-corrected chi connectivity index (χ4v) is 1.50. The molecule has 0 saturated heterocycles. The predicted molar refractivity (Wildman–Crippen MR) is 69.1 cm³/mol. The van der Waals surface area contributed by atoms with E-state index in [0.29, 0.717) is 0 Å². The number of rotatable bonds is 4. The molecule has 8 heteroatoms. The molecule has 0 radical (unpaired) electrons. The quantitative estimate of drug-likeness (QED) is 0.674. The standard InChI is InChI=1S/C13H7N3O5/c14-6-8-1-3-11(10(5-8)16(19)20)21-12-4-2-9(7-15-12)13(17)18/h1-5,7H,(H,17,18). The predicted octanol–water partition coefficient (Wildman–Crippen LogP) is 2.35. The smallest absolute Gasteiger partial charge is 0.337 e. The molecule has 104 valence electrons. The van der Waals surface area contributed by atoms with Crippen LogP contribution in [0.2, 0.25) is 0 Å². The van der Waals surface area contributed by atoms with Crippen molar-refractivity contribution in [2.45, 2.75) is 0 Å². The second kappa shape index (κ2) is 5.66. The van der Waals surface area contributed by atoms with Crippen molar-refractivity contribution < 1.29 is 19.6 Å². The van der Waals surface area contributed by atoms with Gasteiger partial charge in [0.2, 0.25) is 11.6 Å². The van der Waals surface area contributed by atoms with Gasteiger partial charge in [-0.25, -0.2) is 9.78 Å². The largest absolute Gasteiger partial charge is 0.478 e. The lowest BCUT2D eigenvalue weighted by Gasteiger charge is -2.05. The molecule has 0 bridgehead atoms. The Balaban J connectivity index is 2.33. The topological polar surface area (TPSA) is 126 Å². The van der Waals surface area contributed by atoms with Crippen molar-refractivity contribution in [1.29, 1.82) is 5.26 Å². The Bertz CT molecular complexity index is 749. The Labute approximate surface area is 118 Å². The van der Waals surface area contributed by atoms with E-state index in [9.17, 15) is 14.9 Å². The zero-order chi connectivity index (χ0) is 15.4. The summed E-state index contributed by atoms with van der Waals surface area (Å²) in [6, 6.07) is 8.07. The Morgan fingerprint density at radius 3 is 2.67 bits per heavy atom. The first-order valence-electron chi connectivity index (χ1n) is 5.57. The van der Waals surface area contributed by atoms with Crippen molar-refractivity contribution in [1.82, 2.24) is 4.98 Å². The number of pyridine rings is 1. The number of carboxylic acid groups (broad SMARTS) is 1. The van der Waals surface area contributed by atoms with E-state index in [2.05, 4.69) is 4.98 Å². The fraction of sp³-hybridized carbons (Fsp3) is 0. The number of nitriles is 1. The van der Waals surface area contributed by atoms with Crippen LogP contribution >= 0.6 is 0 Å². The maximum Gasteiger partial charge on any atom is 0.337 e. The fourth-order valence-electron chi connectivity index (χ4n) is 1.50. The third kappa shape index (κ3) is 3.10. The normalized spacial score (nSPS) is 9.67. The summed E-state index contributed by atoms with van der Waals surface area (Å²) in [4.78, 5) is 24.7. The molecule has 0 amide bonds. The molecule has 0 aliphatic rings. The summed E-state index contributed by atoms with van der Waals surface area (Å²) in [6.45, 7) is 0. The summed E-state index contributed by atoms with van der Waals surface area (Å²) in [6.07, 6.45) is 1.08. The number of aromatic nitrogens is 1. The van der Waals surface area contributed by atoms with E-state index in [-0.39, 0.29) is 28.4 Å². The van der Waals surface area contributed by atoms with Crippen LogP contribution in [0.25, 0.3) is 0 Å². The molecule has 0 atom stereocenters. The number of nitro benzene ring substituents is 1. The highest BCUT2D eigenvalue weighted by Crippen LogP contribution is 2.31. The minimum atomic E-state index is -1.14. The first-order valence-corrected chi connectivity index (χ1v) is 5.57. The van der Waals surface area contributed by atoms with Crippen molar-refractivity contribution in [3.63, 3.8) is 0 Å². The second-order valence-corrected chi connectivity index (χ2v) is 3.84. The minimum Gasteiger partial charge on any atom is -0.478 e. The number of nitrogens with zero attached hydrogens (tertiary/aromatic N) is 3. The summed E-state index contributed by atoms with van der Waals surface area (Å²) in [5.74, 6) is -1.22. The highest BCUT2D eigenvalue weighted by molar-refractivity contribution is 5.87. The van der Waals surface area contributed by atoms with Crippen LogP contribution in [0.15, 0.2) is 36.5 Å². The van der Waals surface area contributed by atoms with Crippen LogP contribution in [0, 0.1) is 21.4 Å². The molecule has 8 nitrogen and oxygen atoms in total. The van der Waals surface area contributed by atoms with E-state index in [1.54, 1.807) is 6.07 Å². The molecule has 0 fully saturated rings. The molecule has 1 aromatic heterocycles. The molecule has 1 heterocycles. The molecule has 2 rings (SSSR count). The van der Waals surface area contributed by atoms with Crippen LogP contribution in [0.5, 0.6) is 11.6 Å². The van der Waals surface area contributed by atoms with Crippen LogP contribution in [-0.4, -0.2) is 21.0 Å². The number of ether oxygens (including phenoxy) is 1. The Kier molecular flexibility index (Phi) is 3.76. The van der Waals surface area contributed by atoms with Gasteiger partial charge in [-0.3, -0.25) is 10.1 Å². The van der Waals surface area contributed by atoms with Crippen LogP contribution in [-0.2, 0) is 0 Å². The van der Waals surface area contributed by atoms with Gasteiger partial charge in [-0.2, -0.15) is 5.26 Å². The van der Waals surface area contributed by atoms with Crippen LogP contribution in [0.1, 0.15) is 15.9 Å². The number of hydrogen-bond acceptors (Lipinski definition) is 6. The van der Waals surface area contributed by atoms with Gasteiger partial charge in [-0.15, -0.1) is 0 Å². The maximum atomic E-state index is 10.9. The minimum absolute atomic E-state index is 0.00723. The average Bonchev–Trinajstić information content (AvgIpc) is 2.48. The lowest BCUT2D eigenvalue weighted by atomic mass is 10.2. The third-order valence-electron chi connectivity index (χ3n) is 2.48. The molecule has 21 heavy (non-hydrogen) atoms. The van der Waals surface area contributed by atoms with E-state index in [0.717, 1.165) is 12.3 Å². The number of benzene rings is 1. The highest BCUT2D eigenvalue weighted by Gasteiger charge is 2.17. The van der Waals surface area contributed by atoms with Gasteiger partial charge in [0.15, 0.2) is 0 Å². The molecule has 0 aliphatic carbocycles. The Hall–Kier alpha value is -3.47. The molecule has 0 spiro atoms. The molecule has 0 aliphatic heterocycles. The van der Waals surface area contributed by atoms with Gasteiger partial charge in [0.1, 0.15) is 0 Å². The van der Waals surface area contributed by atoms with Crippen molar-refractivity contribution in [3.05, 3.63) is 57.8 Å². The lowest BCUT2D eigenvalue weighted by Crippen LogP contribution is -1.98. The second-order valence-electron chi connectivity index (χ2n) is 3.84. The summed E-state index contributed by atoms with van der Waals surface area (Å²) < 4.78 is 5.25. The molecule has 2 aromatic rings. The van der Waals surface area contributed by atoms with Crippen LogP contribution in [0.4, 0.5) is 5.69 Å². The van der Waals surface area contributed by atoms with Gasteiger partial charge in [0.05, 0.1) is 22.1 Å². The lowest BCUT2D eigenvalue weighted by molar-refractivity contribution is -0.385. The van der Waals surface area contributed by atoms with Gasteiger partial charge in [0, 0.05) is 18.3 Å². The third-order valence-corrected chi connectivity index (χ3v) is 2.48. The van der Waals surface area contributed by atoms with Gasteiger partial charge in [0.25, 0.3) is 0 Å². The van der Waals surface area contributed by atoms with Crippen LogP contribution < -0.4 is 4.74 Å². The SMILES string of the molecule is N#Cc1ccc(Oc2ccc(C(=O)O)cn2)c([N+](=O)[O-])c1. The Morgan fingerprint density at radius 1 is 1.38 bits per heavy atom. The van der Waals surface area contributed by atoms with Gasteiger partial charge in [-0.05, 0) is 18.2 Å². The number of hydrogen-bond donors (Lipinski definition) is 1. The monoisotopic (exact) mass is 285 g/mol. The maximum absolute atomic E-state index is 10.9. The first-order chi connectivity index (χ1) is 10.0. The molecule has 0 unspecified atom stereocenters. The van der Waals surface area contributed by atoms with E-state index in [1.807, 2.05) is 0 Å². The van der Waals surface area contributed by atoms with Crippen molar-refractivity contribution in [2.24, 2.45) is 0 Å². The first kappa shape index (κ1) is 14.0. The van der Waals surface area contributed by atoms with Gasteiger partial charge >= 0.3 is 11.7 Å². The van der Waals surface area contributed by atoms with Crippen molar-refractivity contribution in [3.8, 4) is 17.7 Å². The number of carboxylic acids is 1. The summed E-state index contributed by atoms with van der Waals surface area (Å²) in [5, 5.41) is 28.4. The van der Waals surface area contributed by atoms with E-state index in [4.69, 9.17) is 15.1 Å². The zero-order valence-corrected chi connectivity index (χ0v) is 10.4. The van der Waals surface area contributed by atoms with Crippen molar-refractivity contribution >= 4 is 11.7 Å². The number of aromatic carboxylic acids is 1. The molecule has 0 saturated carbocycles. The zero-order valence-electron chi connectivity index (χ0n) is 10.4. The van der Waals surface area contributed by atoms with Gasteiger partial charge < -0.3 is 9.84 Å². The molecule has 1 N–H and O–H groups in total. The Morgan fingerprint density at radius 2 is 2.14 bits per heavy atom. The molecule has 1 aromatic carbocycles.